The second-order valence-electron chi connectivity index (χ2n) is 13.5. The molecule has 0 saturated heterocycles. The van der Waals surface area contributed by atoms with Gasteiger partial charge in [-0.25, -0.2) is 9.18 Å². The molecule has 5 rings (SSSR count). The van der Waals surface area contributed by atoms with E-state index in [0.29, 0.717) is 73.0 Å². The van der Waals surface area contributed by atoms with Crippen molar-refractivity contribution in [2.45, 2.75) is 91.9 Å². The number of hydrogen-bond donors (Lipinski definition) is 1. The third-order valence-corrected chi connectivity index (χ3v) is 9.10. The molecule has 9 nitrogen and oxygen atoms in total. The molecule has 3 aromatic carbocycles. The SMILES string of the molecule is CCOC(=O)c1c(CCCOc2cccc3cc(F)ccc23)c2ccc(Cl)c(-c3c(CO)nn(C)c3CC)c2n1CCCCC(=O)OC(C)(C)C. The predicted octanol–water partition coefficient (Wildman–Crippen LogP) is 8.74. The first-order chi connectivity index (χ1) is 24.4. The molecule has 1 N–H and O–H groups in total. The number of fused-ring (bicyclic) bond motifs is 2. The minimum Gasteiger partial charge on any atom is -0.493 e. The summed E-state index contributed by atoms with van der Waals surface area (Å²) in [6.45, 7) is 9.96. The normalized spacial score (nSPS) is 11.8. The average Bonchev–Trinajstić information content (AvgIpc) is 3.57. The summed E-state index contributed by atoms with van der Waals surface area (Å²) in [4.78, 5) is 26.4. The van der Waals surface area contributed by atoms with Gasteiger partial charge in [0.2, 0.25) is 0 Å². The first kappa shape index (κ1) is 37.8. The van der Waals surface area contributed by atoms with Gasteiger partial charge in [0, 0.05) is 47.6 Å². The van der Waals surface area contributed by atoms with Crippen LogP contribution in [0.4, 0.5) is 4.39 Å². The van der Waals surface area contributed by atoms with Gasteiger partial charge in [-0.1, -0.05) is 36.7 Å². The van der Waals surface area contributed by atoms with Gasteiger partial charge in [-0.15, -0.1) is 0 Å². The molecule has 0 bridgehead atoms. The predicted molar refractivity (Wildman–Crippen MR) is 198 cm³/mol. The number of nitrogens with zero attached hydrogens (tertiary/aromatic N) is 3. The highest BCUT2D eigenvalue weighted by molar-refractivity contribution is 6.35. The lowest BCUT2D eigenvalue weighted by atomic mass is 9.97. The summed E-state index contributed by atoms with van der Waals surface area (Å²) in [6.07, 6.45) is 3.04. The number of ether oxygens (including phenoxy) is 3. The van der Waals surface area contributed by atoms with E-state index in [4.69, 9.17) is 25.8 Å². The lowest BCUT2D eigenvalue weighted by molar-refractivity contribution is -0.154. The molecule has 0 fully saturated rings. The number of halogens is 2. The number of rotatable bonds is 15. The second kappa shape index (κ2) is 16.3. The van der Waals surface area contributed by atoms with Gasteiger partial charge in [0.1, 0.15) is 22.9 Å². The Morgan fingerprint density at radius 2 is 1.76 bits per heavy atom. The number of aliphatic hydroxyl groups excluding tert-OH is 1. The average molecular weight is 720 g/mol. The Bertz CT molecular complexity index is 2040. The highest BCUT2D eigenvalue weighted by Crippen LogP contribution is 2.43. The minimum atomic E-state index is -0.578. The van der Waals surface area contributed by atoms with Gasteiger partial charge in [-0.3, -0.25) is 9.48 Å². The van der Waals surface area contributed by atoms with Gasteiger partial charge in [0.25, 0.3) is 0 Å². The number of aryl methyl sites for hydroxylation is 3. The number of aromatic nitrogens is 3. The zero-order chi connectivity index (χ0) is 36.9. The summed E-state index contributed by atoms with van der Waals surface area (Å²) < 4.78 is 35.0. The molecule has 2 aromatic heterocycles. The van der Waals surface area contributed by atoms with Crippen LogP contribution in [0.3, 0.4) is 0 Å². The molecule has 0 aliphatic heterocycles. The number of hydrogen-bond acceptors (Lipinski definition) is 7. The van der Waals surface area contributed by atoms with Crippen LogP contribution < -0.4 is 4.74 Å². The van der Waals surface area contributed by atoms with Gasteiger partial charge < -0.3 is 23.9 Å². The van der Waals surface area contributed by atoms with E-state index in [1.807, 2.05) is 69.6 Å². The van der Waals surface area contributed by atoms with Crippen molar-refractivity contribution >= 4 is 45.2 Å². The monoisotopic (exact) mass is 719 g/mol. The maximum Gasteiger partial charge on any atom is 0.355 e. The van der Waals surface area contributed by atoms with Crippen LogP contribution in [-0.2, 0) is 47.3 Å². The van der Waals surface area contributed by atoms with E-state index in [-0.39, 0.29) is 31.4 Å². The molecule has 11 heteroatoms. The maximum atomic E-state index is 13.9. The van der Waals surface area contributed by atoms with Crippen molar-refractivity contribution in [2.75, 3.05) is 13.2 Å². The Hall–Kier alpha value is -4.41. The Morgan fingerprint density at radius 3 is 2.47 bits per heavy atom. The quantitative estimate of drug-likeness (QED) is 0.0852. The van der Waals surface area contributed by atoms with Gasteiger partial charge in [0.15, 0.2) is 0 Å². The summed E-state index contributed by atoms with van der Waals surface area (Å²) in [6, 6.07) is 13.9. The van der Waals surface area contributed by atoms with E-state index in [2.05, 4.69) is 5.10 Å². The molecule has 0 radical (unpaired) electrons. The fourth-order valence-electron chi connectivity index (χ4n) is 6.78. The van der Waals surface area contributed by atoms with Crippen LogP contribution in [0.25, 0.3) is 32.8 Å². The van der Waals surface area contributed by atoms with E-state index >= 15 is 0 Å². The van der Waals surface area contributed by atoms with E-state index in [0.717, 1.165) is 38.5 Å². The van der Waals surface area contributed by atoms with Crippen LogP contribution in [0.5, 0.6) is 5.75 Å². The highest BCUT2D eigenvalue weighted by Gasteiger charge is 2.29. The summed E-state index contributed by atoms with van der Waals surface area (Å²) in [7, 11) is 1.84. The minimum absolute atomic E-state index is 0.189. The van der Waals surface area contributed by atoms with E-state index < -0.39 is 11.6 Å². The summed E-state index contributed by atoms with van der Waals surface area (Å²) in [5, 5.41) is 17.9. The largest absolute Gasteiger partial charge is 0.493 e. The Morgan fingerprint density at radius 1 is 1.00 bits per heavy atom. The zero-order valence-corrected chi connectivity index (χ0v) is 31.0. The molecule has 0 saturated carbocycles. The number of unbranched alkanes of at least 4 members (excludes halogenated alkanes) is 1. The molecular formula is C40H47ClFN3O6. The lowest BCUT2D eigenvalue weighted by Crippen LogP contribution is -2.23. The molecule has 272 valence electrons. The Balaban J connectivity index is 1.58. The number of carbonyl (C=O) groups excluding carboxylic acids is 2. The van der Waals surface area contributed by atoms with Crippen LogP contribution in [0.15, 0.2) is 48.5 Å². The topological polar surface area (TPSA) is 105 Å². The van der Waals surface area contributed by atoms with Crippen molar-refractivity contribution in [3.63, 3.8) is 0 Å². The summed E-state index contributed by atoms with van der Waals surface area (Å²) in [5.41, 5.74) is 4.19. The fourth-order valence-corrected chi connectivity index (χ4v) is 7.03. The van der Waals surface area contributed by atoms with Gasteiger partial charge in [-0.2, -0.15) is 5.10 Å². The van der Waals surface area contributed by atoms with Crippen molar-refractivity contribution < 1.29 is 33.3 Å². The van der Waals surface area contributed by atoms with Crippen LogP contribution in [0.1, 0.15) is 87.7 Å². The standard InChI is InChI=1S/C40H47ClFN3O6/c1-7-32-36(31(24-46)43-44(32)6)35-30(41)20-19-29-28(14-12-22-50-33-15-11-13-25-23-26(42)17-18-27(25)33)38(39(48)49-8-2)45(37(29)35)21-10-9-16-34(47)51-40(3,4)5/h11,13,15,17-20,23,46H,7-10,12,14,16,21-22,24H2,1-6H3. The third kappa shape index (κ3) is 8.39. The molecule has 0 unspecified atom stereocenters. The molecule has 0 aliphatic rings. The second-order valence-corrected chi connectivity index (χ2v) is 13.9. The smallest absolute Gasteiger partial charge is 0.355 e. The van der Waals surface area contributed by atoms with Crippen LogP contribution in [-0.4, -0.2) is 50.2 Å². The number of esters is 2. The van der Waals surface area contributed by atoms with Crippen LogP contribution >= 0.6 is 11.6 Å². The number of benzene rings is 3. The molecule has 51 heavy (non-hydrogen) atoms. The molecule has 0 aliphatic carbocycles. The van der Waals surface area contributed by atoms with Gasteiger partial charge >= 0.3 is 11.9 Å². The summed E-state index contributed by atoms with van der Waals surface area (Å²) >= 11 is 7.04. The van der Waals surface area contributed by atoms with Crippen LogP contribution in [0.2, 0.25) is 5.02 Å². The Kier molecular flexibility index (Phi) is 12.1. The molecule has 5 aromatic rings. The van der Waals surface area contributed by atoms with Gasteiger partial charge in [0.05, 0.1) is 36.1 Å². The van der Waals surface area contributed by atoms with E-state index in [1.165, 1.54) is 12.1 Å². The van der Waals surface area contributed by atoms with Gasteiger partial charge in [-0.05, 0) is 101 Å². The molecule has 0 amide bonds. The first-order valence-electron chi connectivity index (χ1n) is 17.6. The first-order valence-corrected chi connectivity index (χ1v) is 18.0. The molecular weight excluding hydrogens is 673 g/mol. The summed E-state index contributed by atoms with van der Waals surface area (Å²) in [5.74, 6) is -0.393. The fraction of sp³-hybridized carbons (Fsp3) is 0.425. The Labute approximate surface area is 303 Å². The third-order valence-electron chi connectivity index (χ3n) is 8.78. The zero-order valence-electron chi connectivity index (χ0n) is 30.3. The molecule has 0 atom stereocenters. The number of carbonyl (C=O) groups is 2. The van der Waals surface area contributed by atoms with Crippen molar-refractivity contribution in [1.29, 1.82) is 0 Å². The van der Waals surface area contributed by atoms with Crippen molar-refractivity contribution in [3.8, 4) is 16.9 Å². The van der Waals surface area contributed by atoms with Crippen molar-refractivity contribution in [2.24, 2.45) is 7.05 Å². The molecule has 2 heterocycles. The van der Waals surface area contributed by atoms with E-state index in [1.54, 1.807) is 17.7 Å². The van der Waals surface area contributed by atoms with Crippen molar-refractivity contribution in [1.82, 2.24) is 14.3 Å². The molecule has 0 spiro atoms. The lowest BCUT2D eigenvalue weighted by Gasteiger charge is -2.19. The van der Waals surface area contributed by atoms with Crippen molar-refractivity contribution in [3.05, 3.63) is 82.0 Å². The maximum absolute atomic E-state index is 13.9. The van der Waals surface area contributed by atoms with E-state index in [9.17, 15) is 19.1 Å². The van der Waals surface area contributed by atoms with Crippen LogP contribution in [0, 0.1) is 5.82 Å². The number of aliphatic hydroxyl groups is 1. The highest BCUT2D eigenvalue weighted by atomic mass is 35.5.